The highest BCUT2D eigenvalue weighted by Crippen LogP contribution is 2.07. The van der Waals surface area contributed by atoms with Crippen molar-refractivity contribution in [3.8, 4) is 0 Å². The predicted molar refractivity (Wildman–Crippen MR) is 64.3 cm³/mol. The standard InChI is InChI=1S/C11H23NS/c1-2-3-4-5-6-7-8-9-10-12-11-13/h11H,2-10H2,1H3,(H,12,13). The zero-order valence-corrected chi connectivity index (χ0v) is 9.67. The SMILES string of the molecule is CCCCCCCCCCNC=S. The molecule has 0 aliphatic rings. The molecule has 0 aromatic carbocycles. The molecule has 1 N–H and O–H groups in total. The predicted octanol–water partition coefficient (Wildman–Crippen LogP) is 3.67. The van der Waals surface area contributed by atoms with Crippen molar-refractivity contribution >= 4 is 17.7 Å². The number of unbranched alkanes of at least 4 members (excludes halogenated alkanes) is 7. The van der Waals surface area contributed by atoms with Crippen LogP contribution in [-0.4, -0.2) is 12.0 Å². The lowest BCUT2D eigenvalue weighted by Gasteiger charge is -2.01. The molecule has 1 nitrogen and oxygen atoms in total. The van der Waals surface area contributed by atoms with E-state index in [1.807, 2.05) is 0 Å². The topological polar surface area (TPSA) is 12.0 Å². The van der Waals surface area contributed by atoms with Crippen LogP contribution in [0.3, 0.4) is 0 Å². The Bertz CT molecular complexity index is 104. The van der Waals surface area contributed by atoms with E-state index in [0.29, 0.717) is 0 Å². The van der Waals surface area contributed by atoms with Crippen LogP contribution < -0.4 is 5.32 Å². The lowest BCUT2D eigenvalue weighted by Crippen LogP contribution is -2.10. The van der Waals surface area contributed by atoms with E-state index in [-0.39, 0.29) is 0 Å². The number of rotatable bonds is 10. The van der Waals surface area contributed by atoms with E-state index in [9.17, 15) is 0 Å². The number of thiocarbonyl (C=S) groups is 1. The highest BCUT2D eigenvalue weighted by atomic mass is 32.1. The molecule has 0 saturated carbocycles. The van der Waals surface area contributed by atoms with Gasteiger partial charge in [0, 0.05) is 6.54 Å². The first-order valence-corrected chi connectivity index (χ1v) is 6.06. The second kappa shape index (κ2) is 11.9. The van der Waals surface area contributed by atoms with Crippen LogP contribution in [0.25, 0.3) is 0 Å². The minimum absolute atomic E-state index is 1.05. The van der Waals surface area contributed by atoms with E-state index in [1.165, 1.54) is 51.4 Å². The molecule has 0 aliphatic heterocycles. The van der Waals surface area contributed by atoms with E-state index >= 15 is 0 Å². The van der Waals surface area contributed by atoms with Crippen LogP contribution in [0.4, 0.5) is 0 Å². The molecule has 0 fully saturated rings. The van der Waals surface area contributed by atoms with Crippen molar-refractivity contribution in [3.05, 3.63) is 0 Å². The second-order valence-corrected chi connectivity index (χ2v) is 3.78. The highest BCUT2D eigenvalue weighted by Gasteiger charge is 1.90. The molecule has 0 aromatic rings. The first-order valence-electron chi connectivity index (χ1n) is 5.59. The monoisotopic (exact) mass is 201 g/mol. The Labute approximate surface area is 88.3 Å². The molecule has 0 radical (unpaired) electrons. The minimum atomic E-state index is 1.05. The Morgan fingerprint density at radius 2 is 1.46 bits per heavy atom. The maximum Gasteiger partial charge on any atom is 0.0614 e. The molecule has 0 spiro atoms. The third-order valence-electron chi connectivity index (χ3n) is 2.26. The van der Waals surface area contributed by atoms with Gasteiger partial charge in [-0.05, 0) is 6.42 Å². The van der Waals surface area contributed by atoms with Crippen LogP contribution >= 0.6 is 12.2 Å². The van der Waals surface area contributed by atoms with Crippen molar-refractivity contribution in [1.29, 1.82) is 0 Å². The van der Waals surface area contributed by atoms with Crippen molar-refractivity contribution in [2.45, 2.75) is 58.3 Å². The molecule has 2 heteroatoms. The zero-order valence-electron chi connectivity index (χ0n) is 8.85. The first-order chi connectivity index (χ1) is 6.41. The van der Waals surface area contributed by atoms with Gasteiger partial charge in [0.25, 0.3) is 0 Å². The van der Waals surface area contributed by atoms with E-state index in [2.05, 4.69) is 24.5 Å². The van der Waals surface area contributed by atoms with E-state index < -0.39 is 0 Å². The maximum atomic E-state index is 4.66. The molecule has 0 unspecified atom stereocenters. The molecular formula is C11H23NS. The summed E-state index contributed by atoms with van der Waals surface area (Å²) in [4.78, 5) is 0. The summed E-state index contributed by atoms with van der Waals surface area (Å²) < 4.78 is 0. The van der Waals surface area contributed by atoms with E-state index in [4.69, 9.17) is 0 Å². The summed E-state index contributed by atoms with van der Waals surface area (Å²) in [6, 6.07) is 0. The Balaban J connectivity index is 2.79. The summed E-state index contributed by atoms with van der Waals surface area (Å²) in [5.74, 6) is 0. The van der Waals surface area contributed by atoms with Gasteiger partial charge in [-0.15, -0.1) is 0 Å². The highest BCUT2D eigenvalue weighted by molar-refractivity contribution is 7.78. The third kappa shape index (κ3) is 11.9. The molecule has 0 aromatic heterocycles. The molecular weight excluding hydrogens is 178 g/mol. The normalized spacial score (nSPS) is 9.92. The van der Waals surface area contributed by atoms with Gasteiger partial charge in [-0.2, -0.15) is 0 Å². The molecule has 0 bridgehead atoms. The zero-order chi connectivity index (χ0) is 9.78. The van der Waals surface area contributed by atoms with Crippen LogP contribution in [-0.2, 0) is 0 Å². The molecule has 0 amide bonds. The Morgan fingerprint density at radius 3 is 2.00 bits per heavy atom. The van der Waals surface area contributed by atoms with Crippen LogP contribution in [0.15, 0.2) is 0 Å². The Kier molecular flexibility index (Phi) is 11.8. The van der Waals surface area contributed by atoms with Gasteiger partial charge >= 0.3 is 0 Å². The molecule has 0 aliphatic carbocycles. The summed E-state index contributed by atoms with van der Waals surface area (Å²) in [6.07, 6.45) is 11.0. The second-order valence-electron chi connectivity index (χ2n) is 3.55. The van der Waals surface area contributed by atoms with E-state index in [1.54, 1.807) is 5.49 Å². The molecule has 0 saturated heterocycles. The number of hydrogen-bond acceptors (Lipinski definition) is 1. The summed E-state index contributed by atoms with van der Waals surface area (Å²) in [7, 11) is 0. The summed E-state index contributed by atoms with van der Waals surface area (Å²) in [5, 5.41) is 3.05. The fourth-order valence-electron chi connectivity index (χ4n) is 1.42. The van der Waals surface area contributed by atoms with Crippen molar-refractivity contribution in [2.24, 2.45) is 0 Å². The maximum absolute atomic E-state index is 4.66. The fraction of sp³-hybridized carbons (Fsp3) is 0.909. The van der Waals surface area contributed by atoms with Crippen LogP contribution in [0, 0.1) is 0 Å². The first kappa shape index (κ1) is 12.9. The average Bonchev–Trinajstić information content (AvgIpc) is 2.16. The van der Waals surface area contributed by atoms with E-state index in [0.717, 1.165) is 6.54 Å². The quantitative estimate of drug-likeness (QED) is 0.427. The Morgan fingerprint density at radius 1 is 0.923 bits per heavy atom. The third-order valence-corrected chi connectivity index (χ3v) is 2.42. The Hall–Kier alpha value is -0.110. The molecule has 0 heterocycles. The number of nitrogens with one attached hydrogen (secondary N) is 1. The lowest BCUT2D eigenvalue weighted by atomic mass is 10.1. The van der Waals surface area contributed by atoms with Crippen molar-refractivity contribution in [3.63, 3.8) is 0 Å². The van der Waals surface area contributed by atoms with Gasteiger partial charge in [0.1, 0.15) is 0 Å². The van der Waals surface area contributed by atoms with Gasteiger partial charge in [0.05, 0.1) is 5.49 Å². The van der Waals surface area contributed by atoms with Gasteiger partial charge < -0.3 is 5.32 Å². The summed E-state index contributed by atoms with van der Waals surface area (Å²) in [5.41, 5.74) is 1.61. The van der Waals surface area contributed by atoms with Crippen molar-refractivity contribution in [1.82, 2.24) is 5.32 Å². The van der Waals surface area contributed by atoms with Gasteiger partial charge in [-0.1, -0.05) is 64.1 Å². The summed E-state index contributed by atoms with van der Waals surface area (Å²) in [6.45, 7) is 3.31. The number of hydrogen-bond donors (Lipinski definition) is 1. The van der Waals surface area contributed by atoms with Crippen LogP contribution in [0.5, 0.6) is 0 Å². The molecule has 13 heavy (non-hydrogen) atoms. The smallest absolute Gasteiger partial charge is 0.0614 e. The summed E-state index contributed by atoms with van der Waals surface area (Å²) >= 11 is 4.66. The lowest BCUT2D eigenvalue weighted by molar-refractivity contribution is 0.574. The fourth-order valence-corrected chi connectivity index (χ4v) is 1.54. The molecule has 78 valence electrons. The van der Waals surface area contributed by atoms with Crippen LogP contribution in [0.2, 0.25) is 0 Å². The van der Waals surface area contributed by atoms with Crippen molar-refractivity contribution in [2.75, 3.05) is 6.54 Å². The van der Waals surface area contributed by atoms with Gasteiger partial charge in [-0.3, -0.25) is 0 Å². The largest absolute Gasteiger partial charge is 0.382 e. The van der Waals surface area contributed by atoms with Crippen LogP contribution in [0.1, 0.15) is 58.3 Å². The van der Waals surface area contributed by atoms with Gasteiger partial charge in [-0.25, -0.2) is 0 Å². The minimum Gasteiger partial charge on any atom is -0.382 e. The molecule has 0 atom stereocenters. The van der Waals surface area contributed by atoms with Gasteiger partial charge in [0.2, 0.25) is 0 Å². The van der Waals surface area contributed by atoms with Gasteiger partial charge in [0.15, 0.2) is 0 Å². The average molecular weight is 201 g/mol. The van der Waals surface area contributed by atoms with Crippen molar-refractivity contribution < 1.29 is 0 Å². The molecule has 0 rings (SSSR count).